The van der Waals surface area contributed by atoms with Gasteiger partial charge in [-0.3, -0.25) is 9.59 Å². The summed E-state index contributed by atoms with van der Waals surface area (Å²) in [6.45, 7) is 4.95. The minimum atomic E-state index is -0.667. The molecule has 0 aromatic carbocycles. The largest absolute Gasteiger partial charge is 0.466 e. The van der Waals surface area contributed by atoms with Gasteiger partial charge in [-0.2, -0.15) is 0 Å². The molecule has 0 saturated carbocycles. The smallest absolute Gasteiger partial charge is 0.305 e. The average Bonchev–Trinajstić information content (AvgIpc) is 3.27. The number of carbonyl (C=O) groups is 2. The molecule has 0 aliphatic carbocycles. The SMILES string of the molecule is CCCCCCCCCCCCCCC(=O)OCCCCCCCCCCCC/C=C\CCCCCCCCCC(=O)NC(CO)C(O)CCCCCCCCCCCCCC. The molecule has 2 atom stereocenters. The van der Waals surface area contributed by atoms with E-state index in [1.54, 1.807) is 0 Å². The van der Waals surface area contributed by atoms with Crippen LogP contribution in [0.25, 0.3) is 0 Å². The standard InChI is InChI=1S/C56H109NO5/c1-3-5-7-9-11-13-15-28-32-36-40-44-48-54(59)53(52-58)57-55(60)49-45-41-37-33-29-26-24-22-20-18-17-19-21-23-25-27-31-35-39-43-47-51-62-56(61)50-46-42-38-34-30-16-14-12-10-8-6-4-2/h18,20,53-54,58-59H,3-17,19,21-52H2,1-2H3,(H,57,60)/b20-18-. The second-order valence-electron chi connectivity index (χ2n) is 19.3. The highest BCUT2D eigenvalue weighted by molar-refractivity contribution is 5.76. The van der Waals surface area contributed by atoms with E-state index in [4.69, 9.17) is 4.74 Å². The Morgan fingerprint density at radius 2 is 0.758 bits per heavy atom. The molecule has 0 saturated heterocycles. The van der Waals surface area contributed by atoms with Crippen molar-refractivity contribution in [3.05, 3.63) is 12.2 Å². The van der Waals surface area contributed by atoms with Gasteiger partial charge in [-0.1, -0.05) is 257 Å². The van der Waals surface area contributed by atoms with Crippen molar-refractivity contribution in [3.8, 4) is 0 Å². The van der Waals surface area contributed by atoms with Crippen LogP contribution < -0.4 is 5.32 Å². The van der Waals surface area contributed by atoms with Gasteiger partial charge in [-0.15, -0.1) is 0 Å². The first-order chi connectivity index (χ1) is 30.5. The number of nitrogens with one attached hydrogen (secondary N) is 1. The molecule has 0 bridgehead atoms. The highest BCUT2D eigenvalue weighted by Crippen LogP contribution is 2.17. The fourth-order valence-corrected chi connectivity index (χ4v) is 8.75. The Hall–Kier alpha value is -1.40. The Balaban J connectivity index is 3.41. The van der Waals surface area contributed by atoms with E-state index in [1.807, 2.05) is 0 Å². The van der Waals surface area contributed by atoms with Gasteiger partial charge in [0.05, 0.1) is 25.4 Å². The molecule has 0 aliphatic heterocycles. The fourth-order valence-electron chi connectivity index (χ4n) is 8.75. The lowest BCUT2D eigenvalue weighted by Crippen LogP contribution is -2.45. The predicted octanol–water partition coefficient (Wildman–Crippen LogP) is 16.9. The van der Waals surface area contributed by atoms with Gasteiger partial charge in [-0.05, 0) is 51.4 Å². The Bertz CT molecular complexity index is 924. The quantitative estimate of drug-likeness (QED) is 0.0321. The number of amides is 1. The number of carbonyl (C=O) groups excluding carboxylic acids is 2. The zero-order valence-corrected chi connectivity index (χ0v) is 41.9. The van der Waals surface area contributed by atoms with E-state index in [9.17, 15) is 19.8 Å². The second-order valence-corrected chi connectivity index (χ2v) is 19.3. The van der Waals surface area contributed by atoms with Crippen LogP contribution in [0, 0.1) is 0 Å². The Morgan fingerprint density at radius 1 is 0.435 bits per heavy atom. The molecule has 62 heavy (non-hydrogen) atoms. The van der Waals surface area contributed by atoms with Crippen molar-refractivity contribution in [2.45, 2.75) is 321 Å². The third kappa shape index (κ3) is 48.1. The normalized spacial score (nSPS) is 12.6. The second kappa shape index (κ2) is 52.2. The number of allylic oxidation sites excluding steroid dienone is 2. The fraction of sp³-hybridized carbons (Fsp3) is 0.929. The first kappa shape index (κ1) is 60.6. The van der Waals surface area contributed by atoms with Crippen molar-refractivity contribution in [3.63, 3.8) is 0 Å². The molecule has 368 valence electrons. The molecule has 0 spiro atoms. The van der Waals surface area contributed by atoms with Crippen LogP contribution in [0.4, 0.5) is 0 Å². The Kier molecular flexibility index (Phi) is 51.0. The first-order valence-electron chi connectivity index (χ1n) is 27.9. The summed E-state index contributed by atoms with van der Waals surface area (Å²) in [5.74, 6) is -0.0332. The van der Waals surface area contributed by atoms with Gasteiger partial charge < -0.3 is 20.3 Å². The lowest BCUT2D eigenvalue weighted by Gasteiger charge is -2.22. The van der Waals surface area contributed by atoms with E-state index < -0.39 is 12.1 Å². The maximum Gasteiger partial charge on any atom is 0.305 e. The van der Waals surface area contributed by atoms with Gasteiger partial charge in [0.1, 0.15) is 0 Å². The number of esters is 1. The van der Waals surface area contributed by atoms with Gasteiger partial charge in [0.15, 0.2) is 0 Å². The third-order valence-corrected chi connectivity index (χ3v) is 13.1. The van der Waals surface area contributed by atoms with Gasteiger partial charge in [0, 0.05) is 12.8 Å². The van der Waals surface area contributed by atoms with Crippen molar-refractivity contribution in [2.75, 3.05) is 13.2 Å². The van der Waals surface area contributed by atoms with E-state index in [0.717, 1.165) is 38.5 Å². The Morgan fingerprint density at radius 3 is 1.15 bits per heavy atom. The summed E-state index contributed by atoms with van der Waals surface area (Å²) in [7, 11) is 0. The molecule has 1 amide bonds. The summed E-state index contributed by atoms with van der Waals surface area (Å²) in [6.07, 6.45) is 60.6. The van der Waals surface area contributed by atoms with E-state index >= 15 is 0 Å². The number of aliphatic hydroxyl groups excluding tert-OH is 2. The summed E-state index contributed by atoms with van der Waals surface area (Å²) >= 11 is 0. The summed E-state index contributed by atoms with van der Waals surface area (Å²) in [5, 5.41) is 23.2. The number of ether oxygens (including phenoxy) is 1. The molecule has 6 heteroatoms. The first-order valence-corrected chi connectivity index (χ1v) is 27.9. The van der Waals surface area contributed by atoms with Crippen LogP contribution in [0.2, 0.25) is 0 Å². The summed E-state index contributed by atoms with van der Waals surface area (Å²) < 4.78 is 5.46. The van der Waals surface area contributed by atoms with Crippen LogP contribution in [-0.4, -0.2) is 47.4 Å². The maximum atomic E-state index is 12.4. The van der Waals surface area contributed by atoms with E-state index in [2.05, 4.69) is 31.3 Å². The lowest BCUT2D eigenvalue weighted by molar-refractivity contribution is -0.143. The number of rotatable bonds is 52. The molecule has 0 aromatic heterocycles. The minimum Gasteiger partial charge on any atom is -0.466 e. The zero-order chi connectivity index (χ0) is 45.1. The van der Waals surface area contributed by atoms with Crippen LogP contribution in [0.3, 0.4) is 0 Å². The summed E-state index contributed by atoms with van der Waals surface area (Å²) in [6, 6.07) is -0.545. The number of aliphatic hydroxyl groups is 2. The molecule has 0 fully saturated rings. The van der Waals surface area contributed by atoms with Crippen LogP contribution in [0.15, 0.2) is 12.2 Å². The minimum absolute atomic E-state index is 0.00911. The van der Waals surface area contributed by atoms with Gasteiger partial charge in [0.2, 0.25) is 5.91 Å². The predicted molar refractivity (Wildman–Crippen MR) is 269 cm³/mol. The van der Waals surface area contributed by atoms with Crippen molar-refractivity contribution in [1.29, 1.82) is 0 Å². The molecule has 3 N–H and O–H groups in total. The number of hydrogen-bond donors (Lipinski definition) is 3. The Labute approximate surface area is 387 Å². The molecule has 0 rings (SSSR count). The maximum absolute atomic E-state index is 12.4. The van der Waals surface area contributed by atoms with Crippen LogP contribution in [0.1, 0.15) is 309 Å². The summed E-state index contributed by atoms with van der Waals surface area (Å²) in [4.78, 5) is 24.4. The molecular weight excluding hydrogens is 767 g/mol. The van der Waals surface area contributed by atoms with Crippen LogP contribution in [0.5, 0.6) is 0 Å². The molecular formula is C56H109NO5. The highest BCUT2D eigenvalue weighted by Gasteiger charge is 2.20. The van der Waals surface area contributed by atoms with Crippen molar-refractivity contribution in [2.24, 2.45) is 0 Å². The topological polar surface area (TPSA) is 95.9 Å². The van der Waals surface area contributed by atoms with E-state index in [1.165, 1.54) is 238 Å². The zero-order valence-electron chi connectivity index (χ0n) is 41.9. The lowest BCUT2D eigenvalue weighted by atomic mass is 10.0. The van der Waals surface area contributed by atoms with Crippen LogP contribution in [-0.2, 0) is 14.3 Å². The van der Waals surface area contributed by atoms with Gasteiger partial charge in [0.25, 0.3) is 0 Å². The molecule has 0 aromatic rings. The number of hydrogen-bond acceptors (Lipinski definition) is 5. The molecule has 6 nitrogen and oxygen atoms in total. The highest BCUT2D eigenvalue weighted by atomic mass is 16.5. The van der Waals surface area contributed by atoms with E-state index in [0.29, 0.717) is 25.9 Å². The van der Waals surface area contributed by atoms with Gasteiger partial charge >= 0.3 is 5.97 Å². The van der Waals surface area contributed by atoms with E-state index in [-0.39, 0.29) is 18.5 Å². The molecule has 2 unspecified atom stereocenters. The summed E-state index contributed by atoms with van der Waals surface area (Å²) in [5.41, 5.74) is 0. The molecule has 0 heterocycles. The van der Waals surface area contributed by atoms with Gasteiger partial charge in [-0.25, -0.2) is 0 Å². The monoisotopic (exact) mass is 876 g/mol. The molecule has 0 radical (unpaired) electrons. The van der Waals surface area contributed by atoms with Crippen LogP contribution >= 0.6 is 0 Å². The third-order valence-electron chi connectivity index (χ3n) is 13.1. The number of unbranched alkanes of at least 4 members (excludes halogenated alkanes) is 39. The average molecular weight is 876 g/mol. The van der Waals surface area contributed by atoms with Crippen molar-refractivity contribution in [1.82, 2.24) is 5.32 Å². The molecule has 0 aliphatic rings. The van der Waals surface area contributed by atoms with Crippen molar-refractivity contribution < 1.29 is 24.5 Å². The van der Waals surface area contributed by atoms with Crippen molar-refractivity contribution >= 4 is 11.9 Å².